The van der Waals surface area contributed by atoms with Crippen molar-refractivity contribution in [3.05, 3.63) is 12.2 Å². The molecule has 0 amide bonds. The van der Waals surface area contributed by atoms with Gasteiger partial charge in [0.1, 0.15) is 0 Å². The van der Waals surface area contributed by atoms with E-state index in [4.69, 9.17) is 9.84 Å². The number of carboxylic acid groups (broad SMARTS) is 1. The number of rotatable bonds is 7. The van der Waals surface area contributed by atoms with Crippen LogP contribution in [0.4, 0.5) is 0 Å². The summed E-state index contributed by atoms with van der Waals surface area (Å²) in [5.74, 6) is -0.772. The topological polar surface area (TPSA) is 49.8 Å². The van der Waals surface area contributed by atoms with Crippen LogP contribution in [-0.4, -0.2) is 23.8 Å². The fourth-order valence-corrected chi connectivity index (χ4v) is 1.58. The highest BCUT2D eigenvalue weighted by molar-refractivity contribution is 5.86. The van der Waals surface area contributed by atoms with Gasteiger partial charge in [0.15, 0.2) is 0 Å². The van der Waals surface area contributed by atoms with Crippen molar-refractivity contribution in [1.29, 1.82) is 0 Å². The lowest BCUT2D eigenvalue weighted by Gasteiger charge is -2.14. The van der Waals surface area contributed by atoms with Crippen molar-refractivity contribution in [2.75, 3.05) is 6.61 Å². The maximum absolute atomic E-state index is 10.8. The van der Waals surface area contributed by atoms with Gasteiger partial charge in [0.25, 0.3) is 0 Å². The first-order valence-electron chi connectivity index (χ1n) is 5.18. The molecular weight excluding hydrogens is 180 g/mol. The molecule has 80 valence electrons. The van der Waals surface area contributed by atoms with Crippen molar-refractivity contribution >= 4 is 5.97 Å². The van der Waals surface area contributed by atoms with E-state index < -0.39 is 5.97 Å². The van der Waals surface area contributed by atoms with Crippen molar-refractivity contribution < 1.29 is 14.6 Å². The molecule has 0 aromatic rings. The predicted octanol–water partition coefficient (Wildman–Crippen LogP) is 2.22. The van der Waals surface area contributed by atoms with Crippen LogP contribution in [0.3, 0.4) is 0 Å². The van der Waals surface area contributed by atoms with E-state index >= 15 is 0 Å². The molecule has 0 aliphatic carbocycles. The molecule has 14 heavy (non-hydrogen) atoms. The molecule has 2 atom stereocenters. The zero-order chi connectivity index (χ0) is 10.6. The fraction of sp³-hybridized carbons (Fsp3) is 0.727. The Morgan fingerprint density at radius 2 is 2.36 bits per heavy atom. The molecule has 3 nitrogen and oxygen atoms in total. The predicted molar refractivity (Wildman–Crippen MR) is 54.1 cm³/mol. The smallest absolute Gasteiger partial charge is 0.331 e. The molecular formula is C11H18O3. The zero-order valence-corrected chi connectivity index (χ0v) is 8.66. The summed E-state index contributed by atoms with van der Waals surface area (Å²) in [5, 5.41) is 8.84. The average molecular weight is 198 g/mol. The lowest BCUT2D eigenvalue weighted by atomic mass is 9.90. The highest BCUT2D eigenvalue weighted by Gasteiger charge is 2.29. The largest absolute Gasteiger partial charge is 0.478 e. The van der Waals surface area contributed by atoms with E-state index in [1.165, 1.54) is 0 Å². The number of ether oxygens (including phenoxy) is 1. The van der Waals surface area contributed by atoms with Gasteiger partial charge < -0.3 is 9.84 Å². The first-order valence-corrected chi connectivity index (χ1v) is 5.18. The molecule has 0 aromatic heterocycles. The van der Waals surface area contributed by atoms with E-state index in [9.17, 15) is 4.79 Å². The number of hydrogen-bond acceptors (Lipinski definition) is 2. The van der Waals surface area contributed by atoms with Gasteiger partial charge in [-0.15, -0.1) is 0 Å². The summed E-state index contributed by atoms with van der Waals surface area (Å²) in [6.07, 6.45) is 4.18. The number of aliphatic carboxylic acids is 1. The van der Waals surface area contributed by atoms with E-state index in [0.29, 0.717) is 5.57 Å². The highest BCUT2D eigenvalue weighted by Crippen LogP contribution is 2.28. The summed E-state index contributed by atoms with van der Waals surface area (Å²) < 4.78 is 5.11. The van der Waals surface area contributed by atoms with Crippen LogP contribution >= 0.6 is 0 Å². The Labute approximate surface area is 84.8 Å². The Kier molecular flexibility index (Phi) is 4.14. The van der Waals surface area contributed by atoms with Gasteiger partial charge in [-0.05, 0) is 18.8 Å². The molecule has 1 N–H and O–H groups in total. The normalized spacial score (nSPS) is 21.6. The third-order valence-electron chi connectivity index (χ3n) is 2.62. The quantitative estimate of drug-likeness (QED) is 0.504. The van der Waals surface area contributed by atoms with Crippen LogP contribution in [0.15, 0.2) is 12.2 Å². The second-order valence-electron chi connectivity index (χ2n) is 3.86. The molecule has 2 unspecified atom stereocenters. The number of epoxide rings is 1. The zero-order valence-electron chi connectivity index (χ0n) is 8.66. The van der Waals surface area contributed by atoms with Gasteiger partial charge in [-0.25, -0.2) is 4.79 Å². The van der Waals surface area contributed by atoms with Gasteiger partial charge in [-0.1, -0.05) is 26.3 Å². The lowest BCUT2D eigenvalue weighted by molar-refractivity contribution is -0.133. The summed E-state index contributed by atoms with van der Waals surface area (Å²) in [4.78, 5) is 10.8. The van der Waals surface area contributed by atoms with Crippen LogP contribution in [0.1, 0.15) is 32.6 Å². The monoisotopic (exact) mass is 198 g/mol. The number of carboxylic acids is 1. The van der Waals surface area contributed by atoms with Crippen LogP contribution in [0.2, 0.25) is 0 Å². The van der Waals surface area contributed by atoms with Crippen LogP contribution in [0.25, 0.3) is 0 Å². The molecule has 0 radical (unpaired) electrons. The van der Waals surface area contributed by atoms with Crippen molar-refractivity contribution in [1.82, 2.24) is 0 Å². The average Bonchev–Trinajstić information content (AvgIpc) is 2.94. The molecule has 0 saturated carbocycles. The van der Waals surface area contributed by atoms with Crippen LogP contribution < -0.4 is 0 Å². The summed E-state index contributed by atoms with van der Waals surface area (Å²) in [5.41, 5.74) is 0.342. The van der Waals surface area contributed by atoms with Gasteiger partial charge in [0, 0.05) is 5.57 Å². The van der Waals surface area contributed by atoms with E-state index in [1.54, 1.807) is 0 Å². The third kappa shape index (κ3) is 3.50. The minimum Gasteiger partial charge on any atom is -0.478 e. The molecule has 1 aliphatic heterocycles. The molecule has 0 bridgehead atoms. The van der Waals surface area contributed by atoms with Gasteiger partial charge in [0.05, 0.1) is 12.7 Å². The maximum Gasteiger partial charge on any atom is 0.331 e. The first kappa shape index (κ1) is 11.2. The van der Waals surface area contributed by atoms with E-state index in [2.05, 4.69) is 13.5 Å². The highest BCUT2D eigenvalue weighted by atomic mass is 16.6. The molecule has 1 heterocycles. The first-order chi connectivity index (χ1) is 6.65. The molecule has 1 fully saturated rings. The van der Waals surface area contributed by atoms with Crippen LogP contribution in [-0.2, 0) is 9.53 Å². The Hall–Kier alpha value is -0.830. The van der Waals surface area contributed by atoms with E-state index in [-0.39, 0.29) is 12.0 Å². The van der Waals surface area contributed by atoms with Crippen LogP contribution in [0.5, 0.6) is 0 Å². The third-order valence-corrected chi connectivity index (χ3v) is 2.62. The Balaban J connectivity index is 2.41. The maximum atomic E-state index is 10.8. The molecule has 1 aliphatic rings. The summed E-state index contributed by atoms with van der Waals surface area (Å²) in [6.45, 7) is 6.53. The Bertz CT molecular complexity index is 219. The number of unbranched alkanes of at least 4 members (excludes halogenated alkanes) is 1. The second kappa shape index (κ2) is 5.15. The molecule has 0 aromatic carbocycles. The summed E-state index contributed by atoms with van der Waals surface area (Å²) >= 11 is 0. The van der Waals surface area contributed by atoms with Crippen LogP contribution in [0, 0.1) is 5.92 Å². The molecule has 1 saturated heterocycles. The molecule has 3 heteroatoms. The SMILES string of the molecule is C=C(C(=O)O)C(CCCC)CC1CO1. The fourth-order valence-electron chi connectivity index (χ4n) is 1.58. The standard InChI is InChI=1S/C11H18O3/c1-3-4-5-9(6-10-7-14-10)8(2)11(12)13/h9-10H,2-7H2,1H3,(H,12,13). The second-order valence-corrected chi connectivity index (χ2v) is 3.86. The van der Waals surface area contributed by atoms with E-state index in [0.717, 1.165) is 32.3 Å². The van der Waals surface area contributed by atoms with Crippen molar-refractivity contribution in [2.45, 2.75) is 38.7 Å². The van der Waals surface area contributed by atoms with Gasteiger partial charge >= 0.3 is 5.97 Å². The van der Waals surface area contributed by atoms with Crippen molar-refractivity contribution in [2.24, 2.45) is 5.92 Å². The van der Waals surface area contributed by atoms with Crippen molar-refractivity contribution in [3.63, 3.8) is 0 Å². The van der Waals surface area contributed by atoms with Gasteiger partial charge in [0.2, 0.25) is 0 Å². The Morgan fingerprint density at radius 3 is 2.79 bits per heavy atom. The summed E-state index contributed by atoms with van der Waals surface area (Å²) in [7, 11) is 0. The Morgan fingerprint density at radius 1 is 1.71 bits per heavy atom. The van der Waals surface area contributed by atoms with Gasteiger partial charge in [-0.3, -0.25) is 0 Å². The minimum absolute atomic E-state index is 0.0972. The summed E-state index contributed by atoms with van der Waals surface area (Å²) in [6, 6.07) is 0. The lowest BCUT2D eigenvalue weighted by Crippen LogP contribution is -2.14. The van der Waals surface area contributed by atoms with Crippen molar-refractivity contribution in [3.8, 4) is 0 Å². The minimum atomic E-state index is -0.869. The number of hydrogen-bond donors (Lipinski definition) is 1. The molecule has 1 rings (SSSR count). The van der Waals surface area contributed by atoms with E-state index in [1.807, 2.05) is 0 Å². The number of carbonyl (C=O) groups is 1. The van der Waals surface area contributed by atoms with Gasteiger partial charge in [-0.2, -0.15) is 0 Å². The molecule has 0 spiro atoms.